The summed E-state index contributed by atoms with van der Waals surface area (Å²) in [5.41, 5.74) is 0.177. The quantitative estimate of drug-likeness (QED) is 0.466. The Morgan fingerprint density at radius 1 is 1.64 bits per heavy atom. The summed E-state index contributed by atoms with van der Waals surface area (Å²) < 4.78 is 0. The van der Waals surface area contributed by atoms with Gasteiger partial charge in [0, 0.05) is 7.05 Å². The van der Waals surface area contributed by atoms with Crippen LogP contribution in [-0.4, -0.2) is 18.1 Å². The standard InChI is InChI=1S/C8H11NO2/c1-3-7(8(10)11)5-4-6-9-2/h3-6,9H,1H2,2H3,(H,10,11)/b6-4-,7-5+. The molecule has 0 aliphatic carbocycles. The zero-order valence-electron chi connectivity index (χ0n) is 6.37. The number of carbonyl (C=O) groups is 1. The molecule has 60 valence electrons. The van der Waals surface area contributed by atoms with Crippen molar-refractivity contribution in [1.82, 2.24) is 5.32 Å². The number of allylic oxidation sites excluding steroid dienone is 2. The average molecular weight is 153 g/mol. The van der Waals surface area contributed by atoms with Gasteiger partial charge in [0.2, 0.25) is 0 Å². The summed E-state index contributed by atoms with van der Waals surface area (Å²) in [4.78, 5) is 10.3. The molecule has 0 atom stereocenters. The SMILES string of the molecule is C=C/C(=C\C=C/NC)C(=O)O. The zero-order chi connectivity index (χ0) is 8.69. The van der Waals surface area contributed by atoms with Crippen LogP contribution in [0.3, 0.4) is 0 Å². The van der Waals surface area contributed by atoms with Gasteiger partial charge in [0.25, 0.3) is 0 Å². The normalized spacial score (nSPS) is 11.5. The van der Waals surface area contributed by atoms with E-state index in [0.717, 1.165) is 0 Å². The molecule has 3 nitrogen and oxygen atoms in total. The second-order valence-electron chi connectivity index (χ2n) is 1.78. The van der Waals surface area contributed by atoms with Crippen LogP contribution in [0.4, 0.5) is 0 Å². The van der Waals surface area contributed by atoms with Gasteiger partial charge in [0.05, 0.1) is 5.57 Å². The van der Waals surface area contributed by atoms with Crippen LogP contribution in [0, 0.1) is 0 Å². The van der Waals surface area contributed by atoms with Gasteiger partial charge in [-0.05, 0) is 18.4 Å². The average Bonchev–Trinajstić information content (AvgIpc) is 1.97. The lowest BCUT2D eigenvalue weighted by Gasteiger charge is -1.89. The molecule has 11 heavy (non-hydrogen) atoms. The molecular formula is C8H11NO2. The van der Waals surface area contributed by atoms with Crippen LogP contribution >= 0.6 is 0 Å². The van der Waals surface area contributed by atoms with Crippen molar-refractivity contribution in [2.45, 2.75) is 0 Å². The second kappa shape index (κ2) is 5.29. The number of aliphatic carboxylic acids is 1. The number of carboxylic acid groups (broad SMARTS) is 1. The van der Waals surface area contributed by atoms with Gasteiger partial charge < -0.3 is 10.4 Å². The fourth-order valence-electron chi connectivity index (χ4n) is 0.475. The smallest absolute Gasteiger partial charge is 0.335 e. The molecule has 0 aliphatic rings. The molecule has 0 spiro atoms. The van der Waals surface area contributed by atoms with Crippen LogP contribution in [0.1, 0.15) is 0 Å². The molecule has 0 unspecified atom stereocenters. The largest absolute Gasteiger partial charge is 0.478 e. The van der Waals surface area contributed by atoms with Gasteiger partial charge in [0.1, 0.15) is 0 Å². The van der Waals surface area contributed by atoms with Crippen molar-refractivity contribution in [3.8, 4) is 0 Å². The molecule has 0 fully saturated rings. The van der Waals surface area contributed by atoms with Crippen LogP contribution in [0.15, 0.2) is 36.6 Å². The minimum Gasteiger partial charge on any atom is -0.478 e. The maximum absolute atomic E-state index is 10.3. The second-order valence-corrected chi connectivity index (χ2v) is 1.78. The summed E-state index contributed by atoms with van der Waals surface area (Å²) in [6, 6.07) is 0. The Kier molecular flexibility index (Phi) is 4.56. The number of rotatable bonds is 4. The molecule has 0 aliphatic heterocycles. The third-order valence-electron chi connectivity index (χ3n) is 1.01. The predicted molar refractivity (Wildman–Crippen MR) is 44.1 cm³/mol. The van der Waals surface area contributed by atoms with Crippen LogP contribution in [0.5, 0.6) is 0 Å². The Hall–Kier alpha value is -1.51. The number of hydrogen-bond acceptors (Lipinski definition) is 2. The molecule has 3 heteroatoms. The Morgan fingerprint density at radius 3 is 2.64 bits per heavy atom. The summed E-state index contributed by atoms with van der Waals surface area (Å²) in [6.07, 6.45) is 5.99. The summed E-state index contributed by atoms with van der Waals surface area (Å²) in [7, 11) is 1.73. The highest BCUT2D eigenvalue weighted by molar-refractivity contribution is 5.89. The molecule has 0 heterocycles. The summed E-state index contributed by atoms with van der Waals surface area (Å²) in [5, 5.41) is 11.2. The predicted octanol–water partition coefficient (Wildman–Crippen LogP) is 0.916. The van der Waals surface area contributed by atoms with Gasteiger partial charge in [0.15, 0.2) is 0 Å². The van der Waals surface area contributed by atoms with Crippen LogP contribution in [0.2, 0.25) is 0 Å². The van der Waals surface area contributed by atoms with E-state index < -0.39 is 5.97 Å². The van der Waals surface area contributed by atoms with E-state index >= 15 is 0 Å². The van der Waals surface area contributed by atoms with Crippen molar-refractivity contribution in [3.05, 3.63) is 36.6 Å². The van der Waals surface area contributed by atoms with Crippen molar-refractivity contribution in [1.29, 1.82) is 0 Å². The van der Waals surface area contributed by atoms with E-state index in [1.54, 1.807) is 19.3 Å². The minimum atomic E-state index is -0.972. The molecule has 0 bridgehead atoms. The van der Waals surface area contributed by atoms with E-state index in [2.05, 4.69) is 11.9 Å². The number of hydrogen-bond donors (Lipinski definition) is 2. The molecule has 2 N–H and O–H groups in total. The lowest BCUT2D eigenvalue weighted by molar-refractivity contribution is -0.132. The first-order chi connectivity index (χ1) is 5.22. The van der Waals surface area contributed by atoms with E-state index in [-0.39, 0.29) is 5.57 Å². The van der Waals surface area contributed by atoms with E-state index in [0.29, 0.717) is 0 Å². The monoisotopic (exact) mass is 153 g/mol. The molecule has 0 aromatic carbocycles. The Bertz CT molecular complexity index is 204. The summed E-state index contributed by atoms with van der Waals surface area (Å²) in [6.45, 7) is 3.36. The third kappa shape index (κ3) is 3.97. The molecule has 0 amide bonds. The van der Waals surface area contributed by atoms with E-state index in [1.165, 1.54) is 12.2 Å². The van der Waals surface area contributed by atoms with Crippen molar-refractivity contribution < 1.29 is 9.90 Å². The fourth-order valence-corrected chi connectivity index (χ4v) is 0.475. The molecular weight excluding hydrogens is 142 g/mol. The number of carboxylic acids is 1. The highest BCUT2D eigenvalue weighted by Gasteiger charge is 1.97. The molecule has 0 saturated carbocycles. The summed E-state index contributed by atoms with van der Waals surface area (Å²) in [5.74, 6) is -0.972. The first kappa shape index (κ1) is 9.49. The van der Waals surface area contributed by atoms with Crippen molar-refractivity contribution in [3.63, 3.8) is 0 Å². The first-order valence-corrected chi connectivity index (χ1v) is 3.12. The Morgan fingerprint density at radius 2 is 2.27 bits per heavy atom. The summed E-state index contributed by atoms with van der Waals surface area (Å²) >= 11 is 0. The highest BCUT2D eigenvalue weighted by Crippen LogP contribution is 1.94. The van der Waals surface area contributed by atoms with E-state index in [4.69, 9.17) is 5.11 Å². The van der Waals surface area contributed by atoms with E-state index in [9.17, 15) is 4.79 Å². The Balaban J connectivity index is 4.24. The highest BCUT2D eigenvalue weighted by atomic mass is 16.4. The first-order valence-electron chi connectivity index (χ1n) is 3.12. The van der Waals surface area contributed by atoms with Gasteiger partial charge in [-0.2, -0.15) is 0 Å². The van der Waals surface area contributed by atoms with E-state index in [1.807, 2.05) is 0 Å². The zero-order valence-corrected chi connectivity index (χ0v) is 6.37. The molecule has 0 aromatic rings. The number of nitrogens with one attached hydrogen (secondary N) is 1. The van der Waals surface area contributed by atoms with Crippen molar-refractivity contribution in [2.75, 3.05) is 7.05 Å². The lowest BCUT2D eigenvalue weighted by atomic mass is 10.2. The van der Waals surface area contributed by atoms with Crippen molar-refractivity contribution in [2.24, 2.45) is 0 Å². The maximum Gasteiger partial charge on any atom is 0.335 e. The van der Waals surface area contributed by atoms with Gasteiger partial charge in [-0.25, -0.2) is 4.79 Å². The van der Waals surface area contributed by atoms with Crippen LogP contribution < -0.4 is 5.32 Å². The van der Waals surface area contributed by atoms with Crippen LogP contribution in [0.25, 0.3) is 0 Å². The van der Waals surface area contributed by atoms with Crippen LogP contribution in [-0.2, 0) is 4.79 Å². The lowest BCUT2D eigenvalue weighted by Crippen LogP contribution is -1.96. The van der Waals surface area contributed by atoms with Gasteiger partial charge in [-0.3, -0.25) is 0 Å². The third-order valence-corrected chi connectivity index (χ3v) is 1.01. The minimum absolute atomic E-state index is 0.177. The fraction of sp³-hybridized carbons (Fsp3) is 0.125. The maximum atomic E-state index is 10.3. The van der Waals surface area contributed by atoms with Gasteiger partial charge in [-0.15, -0.1) is 0 Å². The Labute approximate surface area is 65.7 Å². The molecule has 0 aromatic heterocycles. The van der Waals surface area contributed by atoms with Gasteiger partial charge >= 0.3 is 5.97 Å². The van der Waals surface area contributed by atoms with Crippen molar-refractivity contribution >= 4 is 5.97 Å². The van der Waals surface area contributed by atoms with Gasteiger partial charge in [-0.1, -0.05) is 12.7 Å². The molecule has 0 radical (unpaired) electrons. The molecule has 0 saturated heterocycles. The topological polar surface area (TPSA) is 49.3 Å². The molecule has 0 rings (SSSR count).